The van der Waals surface area contributed by atoms with Crippen molar-refractivity contribution >= 4 is 16.9 Å². The molecule has 2 fully saturated rings. The Labute approximate surface area is 112 Å². The molecule has 2 saturated heterocycles. The summed E-state index contributed by atoms with van der Waals surface area (Å²) < 4.78 is 5.77. The summed E-state index contributed by atoms with van der Waals surface area (Å²) in [6.07, 6.45) is 5.38. The molecule has 5 nitrogen and oxygen atoms in total. The first-order chi connectivity index (χ1) is 9.26. The Balaban J connectivity index is 1.65. The van der Waals surface area contributed by atoms with E-state index in [-0.39, 0.29) is 5.60 Å². The van der Waals surface area contributed by atoms with Crippen molar-refractivity contribution in [2.45, 2.75) is 31.8 Å². The number of aryl methyl sites for hydroxylation is 1. The first-order valence-electron chi connectivity index (χ1n) is 6.96. The number of rotatable bonds is 1. The number of ether oxygens (including phenoxy) is 1. The summed E-state index contributed by atoms with van der Waals surface area (Å²) in [5, 5.41) is 1.12. The van der Waals surface area contributed by atoms with Crippen LogP contribution in [0.15, 0.2) is 12.3 Å². The monoisotopic (exact) mass is 258 g/mol. The zero-order valence-corrected chi connectivity index (χ0v) is 11.1. The van der Waals surface area contributed by atoms with E-state index in [4.69, 9.17) is 4.74 Å². The number of anilines is 1. The predicted molar refractivity (Wildman–Crippen MR) is 73.4 cm³/mol. The smallest absolute Gasteiger partial charge is 0.143 e. The number of nitrogens with zero attached hydrogens (tertiary/aromatic N) is 3. The molecular formula is C14H18N4O. The van der Waals surface area contributed by atoms with E-state index < -0.39 is 0 Å². The molecule has 5 heteroatoms. The van der Waals surface area contributed by atoms with Gasteiger partial charge in [-0.3, -0.25) is 0 Å². The van der Waals surface area contributed by atoms with Crippen LogP contribution in [0.25, 0.3) is 11.0 Å². The van der Waals surface area contributed by atoms with Crippen molar-refractivity contribution in [2.24, 2.45) is 0 Å². The number of hydrogen-bond donors (Lipinski definition) is 1. The standard InChI is InChI=1S/C14H18N4O/c1-10-16-12-11(2-6-15-12)13(17-10)18-7-3-14(4-8-18)5-9-19-14/h2,6H,3-5,7-9H2,1H3,(H,15,16,17). The van der Waals surface area contributed by atoms with Gasteiger partial charge in [0.15, 0.2) is 0 Å². The van der Waals surface area contributed by atoms with Crippen molar-refractivity contribution < 1.29 is 4.74 Å². The lowest BCUT2D eigenvalue weighted by molar-refractivity contribution is -0.158. The van der Waals surface area contributed by atoms with Crippen molar-refractivity contribution in [3.8, 4) is 0 Å². The van der Waals surface area contributed by atoms with Crippen LogP contribution in [0.3, 0.4) is 0 Å². The molecule has 0 aromatic carbocycles. The maximum Gasteiger partial charge on any atom is 0.143 e. The summed E-state index contributed by atoms with van der Waals surface area (Å²) in [5.74, 6) is 1.89. The maximum absolute atomic E-state index is 5.77. The van der Waals surface area contributed by atoms with Crippen LogP contribution in [-0.4, -0.2) is 40.2 Å². The largest absolute Gasteiger partial charge is 0.375 e. The molecule has 2 aliphatic rings. The van der Waals surface area contributed by atoms with E-state index in [0.29, 0.717) is 0 Å². The van der Waals surface area contributed by atoms with E-state index in [1.165, 1.54) is 6.42 Å². The highest BCUT2D eigenvalue weighted by Gasteiger charge is 2.41. The fourth-order valence-electron chi connectivity index (χ4n) is 3.19. The summed E-state index contributed by atoms with van der Waals surface area (Å²) in [4.78, 5) is 14.6. The van der Waals surface area contributed by atoms with Crippen LogP contribution in [0.4, 0.5) is 5.82 Å². The first-order valence-corrected chi connectivity index (χ1v) is 6.96. The molecule has 2 aromatic heterocycles. The number of nitrogens with one attached hydrogen (secondary N) is 1. The van der Waals surface area contributed by atoms with E-state index >= 15 is 0 Å². The molecule has 0 bridgehead atoms. The number of aromatic nitrogens is 3. The lowest BCUT2D eigenvalue weighted by Crippen LogP contribution is -2.52. The second-order valence-corrected chi connectivity index (χ2v) is 5.60. The highest BCUT2D eigenvalue weighted by molar-refractivity contribution is 5.87. The fourth-order valence-corrected chi connectivity index (χ4v) is 3.19. The van der Waals surface area contributed by atoms with Crippen molar-refractivity contribution in [3.05, 3.63) is 18.1 Å². The van der Waals surface area contributed by atoms with Gasteiger partial charge in [-0.2, -0.15) is 0 Å². The molecule has 0 saturated carbocycles. The Hall–Kier alpha value is -1.62. The molecule has 0 atom stereocenters. The van der Waals surface area contributed by atoms with Gasteiger partial charge in [-0.15, -0.1) is 0 Å². The Bertz CT molecular complexity index is 607. The number of hydrogen-bond acceptors (Lipinski definition) is 4. The summed E-state index contributed by atoms with van der Waals surface area (Å²) in [5.41, 5.74) is 1.12. The van der Waals surface area contributed by atoms with Gasteiger partial charge in [0, 0.05) is 19.3 Å². The topological polar surface area (TPSA) is 54.0 Å². The van der Waals surface area contributed by atoms with Crippen LogP contribution in [0.1, 0.15) is 25.1 Å². The van der Waals surface area contributed by atoms with Gasteiger partial charge in [-0.25, -0.2) is 9.97 Å². The van der Waals surface area contributed by atoms with Gasteiger partial charge in [0.1, 0.15) is 17.3 Å². The molecule has 1 spiro atoms. The molecular weight excluding hydrogens is 240 g/mol. The van der Waals surface area contributed by atoms with Gasteiger partial charge in [-0.1, -0.05) is 0 Å². The Morgan fingerprint density at radius 1 is 1.26 bits per heavy atom. The number of piperidine rings is 1. The minimum atomic E-state index is 0.190. The normalized spacial score (nSPS) is 21.8. The average molecular weight is 258 g/mol. The minimum absolute atomic E-state index is 0.190. The van der Waals surface area contributed by atoms with Crippen LogP contribution in [0.5, 0.6) is 0 Å². The van der Waals surface area contributed by atoms with E-state index in [1.54, 1.807) is 0 Å². The molecule has 100 valence electrons. The van der Waals surface area contributed by atoms with Crippen LogP contribution < -0.4 is 4.90 Å². The third kappa shape index (κ3) is 1.72. The van der Waals surface area contributed by atoms with E-state index in [2.05, 4.69) is 25.9 Å². The molecule has 2 aromatic rings. The molecule has 0 radical (unpaired) electrons. The van der Waals surface area contributed by atoms with Gasteiger partial charge in [0.05, 0.1) is 17.6 Å². The lowest BCUT2D eigenvalue weighted by Gasteiger charge is -2.47. The molecule has 0 amide bonds. The number of aromatic amines is 1. The van der Waals surface area contributed by atoms with Gasteiger partial charge in [-0.05, 0) is 32.3 Å². The molecule has 2 aliphatic heterocycles. The molecule has 0 unspecified atom stereocenters. The van der Waals surface area contributed by atoms with Gasteiger partial charge in [0.2, 0.25) is 0 Å². The third-order valence-corrected chi connectivity index (χ3v) is 4.45. The van der Waals surface area contributed by atoms with Crippen molar-refractivity contribution in [2.75, 3.05) is 24.6 Å². The van der Waals surface area contributed by atoms with Crippen LogP contribution in [0.2, 0.25) is 0 Å². The second-order valence-electron chi connectivity index (χ2n) is 5.60. The third-order valence-electron chi connectivity index (χ3n) is 4.45. The van der Waals surface area contributed by atoms with Crippen molar-refractivity contribution in [3.63, 3.8) is 0 Å². The summed E-state index contributed by atoms with van der Waals surface area (Å²) in [6, 6.07) is 2.06. The summed E-state index contributed by atoms with van der Waals surface area (Å²) in [7, 11) is 0. The second kappa shape index (κ2) is 3.93. The molecule has 4 heterocycles. The molecule has 1 N–H and O–H groups in total. The fraction of sp³-hybridized carbons (Fsp3) is 0.571. The van der Waals surface area contributed by atoms with Crippen LogP contribution in [0, 0.1) is 6.92 Å². The Morgan fingerprint density at radius 2 is 2.05 bits per heavy atom. The molecule has 4 rings (SSSR count). The average Bonchev–Trinajstić information content (AvgIpc) is 2.84. The van der Waals surface area contributed by atoms with E-state index in [0.717, 1.165) is 55.2 Å². The Kier molecular flexibility index (Phi) is 2.33. The zero-order chi connectivity index (χ0) is 12.9. The highest BCUT2D eigenvalue weighted by atomic mass is 16.5. The van der Waals surface area contributed by atoms with E-state index in [9.17, 15) is 0 Å². The van der Waals surface area contributed by atoms with Gasteiger partial charge in [0.25, 0.3) is 0 Å². The first kappa shape index (κ1) is 11.2. The number of fused-ring (bicyclic) bond motifs is 1. The van der Waals surface area contributed by atoms with Crippen molar-refractivity contribution in [1.82, 2.24) is 15.0 Å². The zero-order valence-electron chi connectivity index (χ0n) is 11.1. The summed E-state index contributed by atoms with van der Waals surface area (Å²) in [6.45, 7) is 4.94. The van der Waals surface area contributed by atoms with Crippen molar-refractivity contribution in [1.29, 1.82) is 0 Å². The number of H-pyrrole nitrogens is 1. The lowest BCUT2D eigenvalue weighted by atomic mass is 9.84. The highest BCUT2D eigenvalue weighted by Crippen LogP contribution is 2.38. The minimum Gasteiger partial charge on any atom is -0.375 e. The quantitative estimate of drug-likeness (QED) is 0.850. The van der Waals surface area contributed by atoms with Gasteiger partial charge >= 0.3 is 0 Å². The van der Waals surface area contributed by atoms with Crippen LogP contribution >= 0.6 is 0 Å². The molecule has 19 heavy (non-hydrogen) atoms. The predicted octanol–water partition coefficient (Wildman–Crippen LogP) is 2.03. The molecule has 0 aliphatic carbocycles. The van der Waals surface area contributed by atoms with E-state index in [1.807, 2.05) is 13.1 Å². The van der Waals surface area contributed by atoms with Crippen LogP contribution in [-0.2, 0) is 4.74 Å². The van der Waals surface area contributed by atoms with Gasteiger partial charge < -0.3 is 14.6 Å². The Morgan fingerprint density at radius 3 is 2.74 bits per heavy atom. The SMILES string of the molecule is Cc1nc(N2CCC3(CCO3)CC2)c2cc[nH]c2n1. The summed E-state index contributed by atoms with van der Waals surface area (Å²) >= 11 is 0. The maximum atomic E-state index is 5.77.